The number of carbonyl (C=O) groups is 5. The fourth-order valence-electron chi connectivity index (χ4n) is 3.13. The number of amides is 2. The fraction of sp³-hybridized carbons (Fsp3) is 0.632. The highest BCUT2D eigenvalue weighted by molar-refractivity contribution is 6.11. The minimum absolute atomic E-state index is 0.00803. The standard InChI is InChI=1S/C19H26N2O11/c1-9(23)21-15-17(28)16(27)12(8-22)31-19(15)30-5-4-20-13(25)3-2-11(24)6-10-7-14(26)32-18(10)29/h7,12,15-17,19,22,27-28H,2-6,8H2,1H3,(H,20,25)(H,21,23). The molecule has 2 aliphatic heterocycles. The van der Waals surface area contributed by atoms with Crippen LogP contribution in [0.25, 0.3) is 0 Å². The van der Waals surface area contributed by atoms with Crippen molar-refractivity contribution < 1.29 is 53.5 Å². The second-order valence-electron chi connectivity index (χ2n) is 7.25. The van der Waals surface area contributed by atoms with Gasteiger partial charge in [-0.25, -0.2) is 9.59 Å². The maximum Gasteiger partial charge on any atom is 0.342 e. The minimum atomic E-state index is -1.45. The largest absolute Gasteiger partial charge is 0.394 e. The summed E-state index contributed by atoms with van der Waals surface area (Å²) in [7, 11) is 0. The molecule has 1 saturated heterocycles. The Morgan fingerprint density at radius 1 is 1.16 bits per heavy atom. The lowest BCUT2D eigenvalue weighted by molar-refractivity contribution is -0.269. The van der Waals surface area contributed by atoms with Crippen LogP contribution in [0.1, 0.15) is 26.2 Å². The van der Waals surface area contributed by atoms with E-state index < -0.39 is 66.8 Å². The van der Waals surface area contributed by atoms with E-state index >= 15 is 0 Å². The fourth-order valence-corrected chi connectivity index (χ4v) is 3.13. The number of ketones is 1. The first kappa shape index (κ1) is 25.5. The van der Waals surface area contributed by atoms with Gasteiger partial charge in [0.15, 0.2) is 6.29 Å². The Balaban J connectivity index is 1.72. The molecule has 0 radical (unpaired) electrons. The number of hydrogen-bond donors (Lipinski definition) is 5. The molecule has 178 valence electrons. The summed E-state index contributed by atoms with van der Waals surface area (Å²) >= 11 is 0. The van der Waals surface area contributed by atoms with E-state index in [1.807, 2.05) is 0 Å². The molecule has 5 N–H and O–H groups in total. The van der Waals surface area contributed by atoms with Gasteiger partial charge in [-0.2, -0.15) is 0 Å². The van der Waals surface area contributed by atoms with Crippen molar-refractivity contribution >= 4 is 29.5 Å². The number of Topliss-reactive ketones (excluding diaryl/α,β-unsaturated/α-hetero) is 1. The van der Waals surface area contributed by atoms with Crippen LogP contribution in [0.2, 0.25) is 0 Å². The Bertz CT molecular complexity index is 781. The number of aliphatic hydroxyl groups excluding tert-OH is 3. The van der Waals surface area contributed by atoms with Gasteiger partial charge in [0.2, 0.25) is 11.8 Å². The molecule has 0 aromatic rings. The molecule has 32 heavy (non-hydrogen) atoms. The van der Waals surface area contributed by atoms with Crippen molar-refractivity contribution in [3.8, 4) is 0 Å². The van der Waals surface area contributed by atoms with Crippen LogP contribution < -0.4 is 10.6 Å². The summed E-state index contributed by atoms with van der Waals surface area (Å²) in [5.41, 5.74) is -0.0523. The first-order valence-corrected chi connectivity index (χ1v) is 9.88. The summed E-state index contributed by atoms with van der Waals surface area (Å²) < 4.78 is 15.1. The quantitative estimate of drug-likeness (QED) is 0.119. The third-order valence-corrected chi connectivity index (χ3v) is 4.72. The first-order chi connectivity index (χ1) is 15.1. The zero-order chi connectivity index (χ0) is 23.8. The highest BCUT2D eigenvalue weighted by Crippen LogP contribution is 2.22. The van der Waals surface area contributed by atoms with E-state index in [-0.39, 0.29) is 38.0 Å². The van der Waals surface area contributed by atoms with Gasteiger partial charge >= 0.3 is 11.9 Å². The van der Waals surface area contributed by atoms with E-state index in [0.29, 0.717) is 0 Å². The number of rotatable bonds is 11. The monoisotopic (exact) mass is 458 g/mol. The molecule has 0 aromatic carbocycles. The molecule has 2 heterocycles. The molecule has 5 unspecified atom stereocenters. The van der Waals surface area contributed by atoms with Crippen LogP contribution in [0, 0.1) is 0 Å². The van der Waals surface area contributed by atoms with Crippen molar-refractivity contribution in [3.63, 3.8) is 0 Å². The second-order valence-corrected chi connectivity index (χ2v) is 7.25. The summed E-state index contributed by atoms with van der Waals surface area (Å²) in [5.74, 6) is -3.07. The van der Waals surface area contributed by atoms with Crippen molar-refractivity contribution in [3.05, 3.63) is 11.6 Å². The maximum absolute atomic E-state index is 11.9. The number of esters is 2. The van der Waals surface area contributed by atoms with E-state index in [1.54, 1.807) is 0 Å². The average molecular weight is 458 g/mol. The molecule has 2 amide bonds. The molecule has 13 nitrogen and oxygen atoms in total. The van der Waals surface area contributed by atoms with Gasteiger partial charge in [-0.3, -0.25) is 14.4 Å². The Kier molecular flexibility index (Phi) is 9.41. The van der Waals surface area contributed by atoms with Gasteiger partial charge in [0.25, 0.3) is 0 Å². The smallest absolute Gasteiger partial charge is 0.342 e. The summed E-state index contributed by atoms with van der Waals surface area (Å²) in [6.07, 6.45) is -4.85. The third-order valence-electron chi connectivity index (χ3n) is 4.72. The molecule has 0 aliphatic carbocycles. The van der Waals surface area contributed by atoms with E-state index in [9.17, 15) is 39.3 Å². The van der Waals surface area contributed by atoms with Crippen molar-refractivity contribution in [1.82, 2.24) is 10.6 Å². The molecule has 13 heteroatoms. The van der Waals surface area contributed by atoms with Crippen LogP contribution in [-0.2, 0) is 38.2 Å². The molecule has 5 atom stereocenters. The summed E-state index contributed by atoms with van der Waals surface area (Å²) in [4.78, 5) is 57.3. The summed E-state index contributed by atoms with van der Waals surface area (Å²) in [6, 6.07) is -1.10. The topological polar surface area (TPSA) is 198 Å². The molecular formula is C19H26N2O11. The minimum Gasteiger partial charge on any atom is -0.394 e. The zero-order valence-electron chi connectivity index (χ0n) is 17.3. The number of carbonyl (C=O) groups excluding carboxylic acids is 5. The van der Waals surface area contributed by atoms with Gasteiger partial charge in [-0.05, 0) is 0 Å². The van der Waals surface area contributed by atoms with E-state index in [4.69, 9.17) is 9.47 Å². The molecule has 2 aliphatic rings. The molecule has 0 spiro atoms. The second kappa shape index (κ2) is 11.8. The van der Waals surface area contributed by atoms with Crippen LogP contribution in [0.5, 0.6) is 0 Å². The average Bonchev–Trinajstić information content (AvgIpc) is 3.04. The molecule has 0 aromatic heterocycles. The zero-order valence-corrected chi connectivity index (χ0v) is 17.3. The van der Waals surface area contributed by atoms with E-state index in [2.05, 4.69) is 15.4 Å². The summed E-state index contributed by atoms with van der Waals surface area (Å²) in [5, 5.41) is 34.3. The lowest BCUT2D eigenvalue weighted by atomic mass is 9.97. The van der Waals surface area contributed by atoms with Crippen molar-refractivity contribution in [2.45, 2.75) is 56.8 Å². The lowest BCUT2D eigenvalue weighted by Gasteiger charge is -2.42. The highest BCUT2D eigenvalue weighted by Gasteiger charge is 2.45. The maximum atomic E-state index is 11.9. The molecular weight excluding hydrogens is 432 g/mol. The van der Waals surface area contributed by atoms with Crippen molar-refractivity contribution in [2.75, 3.05) is 19.8 Å². The van der Waals surface area contributed by atoms with Crippen molar-refractivity contribution in [2.24, 2.45) is 0 Å². The molecule has 1 fully saturated rings. The molecule has 0 saturated carbocycles. The number of aliphatic hydroxyl groups is 3. The Morgan fingerprint density at radius 3 is 2.47 bits per heavy atom. The van der Waals surface area contributed by atoms with Crippen molar-refractivity contribution in [1.29, 1.82) is 0 Å². The van der Waals surface area contributed by atoms with Gasteiger partial charge in [0.05, 0.1) is 18.8 Å². The van der Waals surface area contributed by atoms with Gasteiger partial charge in [0.1, 0.15) is 30.1 Å². The van der Waals surface area contributed by atoms with Crippen LogP contribution in [0.3, 0.4) is 0 Å². The van der Waals surface area contributed by atoms with Gasteiger partial charge in [0, 0.05) is 38.8 Å². The van der Waals surface area contributed by atoms with Crippen LogP contribution in [0.4, 0.5) is 0 Å². The van der Waals surface area contributed by atoms with Crippen LogP contribution >= 0.6 is 0 Å². The SMILES string of the molecule is CC(=O)NC1C(OCCNC(=O)CCC(=O)CC2=CC(=O)OC2=O)OC(CO)C(O)C1O. The normalized spacial score (nSPS) is 27.5. The molecule has 0 bridgehead atoms. The van der Waals surface area contributed by atoms with Crippen LogP contribution in [0.15, 0.2) is 11.6 Å². The number of nitrogens with one attached hydrogen (secondary N) is 2. The Hall–Kier alpha value is -2.71. The Morgan fingerprint density at radius 2 is 1.88 bits per heavy atom. The predicted molar refractivity (Wildman–Crippen MR) is 102 cm³/mol. The van der Waals surface area contributed by atoms with Gasteiger partial charge in [-0.1, -0.05) is 0 Å². The lowest BCUT2D eigenvalue weighted by Crippen LogP contribution is -2.64. The molecule has 2 rings (SSSR count). The number of cyclic esters (lactones) is 2. The Labute approximate surface area is 182 Å². The highest BCUT2D eigenvalue weighted by atomic mass is 16.7. The van der Waals surface area contributed by atoms with Gasteiger partial charge < -0.3 is 40.2 Å². The van der Waals surface area contributed by atoms with Gasteiger partial charge in [-0.15, -0.1) is 0 Å². The number of hydrogen-bond acceptors (Lipinski definition) is 11. The third kappa shape index (κ3) is 7.17. The number of ether oxygens (including phenoxy) is 3. The predicted octanol–water partition coefficient (Wildman–Crippen LogP) is -3.19. The van der Waals surface area contributed by atoms with Crippen LogP contribution in [-0.4, -0.2) is 95.3 Å². The van der Waals surface area contributed by atoms with E-state index in [1.165, 1.54) is 6.92 Å². The first-order valence-electron chi connectivity index (χ1n) is 9.88. The van der Waals surface area contributed by atoms with E-state index in [0.717, 1.165) is 6.08 Å². The summed E-state index contributed by atoms with van der Waals surface area (Å²) in [6.45, 7) is 0.536.